The molecule has 8 heteroatoms. The standard InChI is InChI=1S/C12H19N3O4S/c1-20(18,19)15-7-6-14-12(17)11(13)8-9-2-4-10(16)5-3-9/h2-5,11,15-16H,6-8,13H2,1H3,(H,14,17)/t11-/m0/s1. The largest absolute Gasteiger partial charge is 0.508 e. The highest BCUT2D eigenvalue weighted by molar-refractivity contribution is 7.88. The van der Waals surface area contributed by atoms with Crippen LogP contribution in [0.2, 0.25) is 0 Å². The van der Waals surface area contributed by atoms with Crippen LogP contribution >= 0.6 is 0 Å². The molecule has 20 heavy (non-hydrogen) atoms. The van der Waals surface area contributed by atoms with Crippen LogP contribution in [0.5, 0.6) is 5.75 Å². The minimum Gasteiger partial charge on any atom is -0.508 e. The fourth-order valence-electron chi connectivity index (χ4n) is 1.53. The Morgan fingerprint density at radius 1 is 1.30 bits per heavy atom. The Morgan fingerprint density at radius 2 is 1.90 bits per heavy atom. The second-order valence-corrected chi connectivity index (χ2v) is 6.27. The highest BCUT2D eigenvalue weighted by Crippen LogP contribution is 2.10. The maximum absolute atomic E-state index is 11.7. The van der Waals surface area contributed by atoms with E-state index in [0.29, 0.717) is 6.42 Å². The molecule has 0 spiro atoms. The van der Waals surface area contributed by atoms with Crippen LogP contribution < -0.4 is 15.8 Å². The first kappa shape index (κ1) is 16.4. The molecule has 0 aliphatic carbocycles. The first-order chi connectivity index (χ1) is 9.28. The molecule has 0 aliphatic rings. The number of carbonyl (C=O) groups excluding carboxylic acids is 1. The molecule has 0 aromatic heterocycles. The van der Waals surface area contributed by atoms with E-state index in [1.54, 1.807) is 12.1 Å². The Kier molecular flexibility index (Phi) is 5.93. The van der Waals surface area contributed by atoms with E-state index in [4.69, 9.17) is 10.8 Å². The normalized spacial score (nSPS) is 12.9. The Bertz CT molecular complexity index is 542. The SMILES string of the molecule is CS(=O)(=O)NCCNC(=O)[C@@H](N)Cc1ccc(O)cc1. The van der Waals surface area contributed by atoms with Crippen molar-refractivity contribution in [3.05, 3.63) is 29.8 Å². The zero-order valence-corrected chi connectivity index (χ0v) is 12.0. The molecular formula is C12H19N3O4S. The van der Waals surface area contributed by atoms with Crippen molar-refractivity contribution in [3.8, 4) is 5.75 Å². The summed E-state index contributed by atoms with van der Waals surface area (Å²) in [4.78, 5) is 11.7. The number of hydrogen-bond donors (Lipinski definition) is 4. The van der Waals surface area contributed by atoms with Gasteiger partial charge in [-0.25, -0.2) is 13.1 Å². The van der Waals surface area contributed by atoms with Gasteiger partial charge in [-0.3, -0.25) is 4.79 Å². The Balaban J connectivity index is 2.34. The molecule has 0 saturated heterocycles. The van der Waals surface area contributed by atoms with E-state index in [1.165, 1.54) is 12.1 Å². The van der Waals surface area contributed by atoms with E-state index in [-0.39, 0.29) is 24.7 Å². The number of phenols is 1. The van der Waals surface area contributed by atoms with Gasteiger partial charge in [0.2, 0.25) is 15.9 Å². The zero-order chi connectivity index (χ0) is 15.2. The lowest BCUT2D eigenvalue weighted by Crippen LogP contribution is -2.44. The molecule has 1 amide bonds. The predicted octanol–water partition coefficient (Wildman–Crippen LogP) is -1.07. The molecule has 1 atom stereocenters. The number of nitrogens with two attached hydrogens (primary N) is 1. The summed E-state index contributed by atoms with van der Waals surface area (Å²) in [5.41, 5.74) is 6.58. The zero-order valence-electron chi connectivity index (χ0n) is 11.2. The summed E-state index contributed by atoms with van der Waals surface area (Å²) >= 11 is 0. The summed E-state index contributed by atoms with van der Waals surface area (Å²) in [5.74, 6) is -0.202. The van der Waals surface area contributed by atoms with Crippen molar-refractivity contribution in [2.45, 2.75) is 12.5 Å². The smallest absolute Gasteiger partial charge is 0.237 e. The minimum atomic E-state index is -3.25. The van der Waals surface area contributed by atoms with Gasteiger partial charge >= 0.3 is 0 Å². The van der Waals surface area contributed by atoms with Gasteiger partial charge in [-0.2, -0.15) is 0 Å². The van der Waals surface area contributed by atoms with E-state index < -0.39 is 16.1 Å². The van der Waals surface area contributed by atoms with Crippen LogP contribution in [0.15, 0.2) is 24.3 Å². The maximum Gasteiger partial charge on any atom is 0.237 e. The number of amides is 1. The molecule has 0 bridgehead atoms. The first-order valence-electron chi connectivity index (χ1n) is 6.04. The summed E-state index contributed by atoms with van der Waals surface area (Å²) in [6.07, 6.45) is 1.39. The van der Waals surface area contributed by atoms with E-state index in [9.17, 15) is 13.2 Å². The summed E-state index contributed by atoms with van der Waals surface area (Å²) in [7, 11) is -3.25. The van der Waals surface area contributed by atoms with Gasteiger partial charge in [-0.05, 0) is 24.1 Å². The fourth-order valence-corrected chi connectivity index (χ4v) is 2.00. The van der Waals surface area contributed by atoms with Gasteiger partial charge in [-0.15, -0.1) is 0 Å². The number of rotatable bonds is 7. The van der Waals surface area contributed by atoms with Crippen LogP contribution in [-0.4, -0.2) is 44.8 Å². The lowest BCUT2D eigenvalue weighted by atomic mass is 10.1. The number of benzene rings is 1. The van der Waals surface area contributed by atoms with E-state index >= 15 is 0 Å². The van der Waals surface area contributed by atoms with Gasteiger partial charge in [0.15, 0.2) is 0 Å². The Hall–Kier alpha value is -1.64. The highest BCUT2D eigenvalue weighted by Gasteiger charge is 2.13. The van der Waals surface area contributed by atoms with E-state index in [1.807, 2.05) is 0 Å². The number of sulfonamides is 1. The third-order valence-corrected chi connectivity index (χ3v) is 3.25. The van der Waals surface area contributed by atoms with Crippen LogP contribution in [0.25, 0.3) is 0 Å². The third kappa shape index (κ3) is 6.50. The van der Waals surface area contributed by atoms with Crippen molar-refractivity contribution in [2.75, 3.05) is 19.3 Å². The summed E-state index contributed by atoms with van der Waals surface area (Å²) in [6, 6.07) is 5.70. The quantitative estimate of drug-likeness (QED) is 0.478. The number of carbonyl (C=O) groups is 1. The fraction of sp³-hybridized carbons (Fsp3) is 0.417. The monoisotopic (exact) mass is 301 g/mol. The van der Waals surface area contributed by atoms with Crippen LogP contribution in [0.1, 0.15) is 5.56 Å². The molecular weight excluding hydrogens is 282 g/mol. The van der Waals surface area contributed by atoms with Gasteiger partial charge in [-0.1, -0.05) is 12.1 Å². The van der Waals surface area contributed by atoms with Gasteiger partial charge in [0, 0.05) is 13.1 Å². The Morgan fingerprint density at radius 3 is 2.45 bits per heavy atom. The van der Waals surface area contributed by atoms with Crippen LogP contribution in [0.4, 0.5) is 0 Å². The van der Waals surface area contributed by atoms with Crippen molar-refractivity contribution in [2.24, 2.45) is 5.73 Å². The summed E-state index contributed by atoms with van der Waals surface area (Å²) in [6.45, 7) is 0.297. The minimum absolute atomic E-state index is 0.122. The molecule has 1 aromatic rings. The molecule has 0 radical (unpaired) electrons. The van der Waals surface area contributed by atoms with Crippen molar-refractivity contribution in [3.63, 3.8) is 0 Å². The lowest BCUT2D eigenvalue weighted by Gasteiger charge is -2.12. The topological polar surface area (TPSA) is 122 Å². The average Bonchev–Trinajstić information content (AvgIpc) is 2.36. The second kappa shape index (κ2) is 7.22. The summed E-state index contributed by atoms with van der Waals surface area (Å²) in [5, 5.41) is 11.7. The van der Waals surface area contributed by atoms with E-state index in [0.717, 1.165) is 11.8 Å². The molecule has 0 unspecified atom stereocenters. The molecule has 0 saturated carbocycles. The number of nitrogens with one attached hydrogen (secondary N) is 2. The lowest BCUT2D eigenvalue weighted by molar-refractivity contribution is -0.122. The van der Waals surface area contributed by atoms with Crippen molar-refractivity contribution in [1.29, 1.82) is 0 Å². The first-order valence-corrected chi connectivity index (χ1v) is 7.93. The Labute approximate surface area is 118 Å². The van der Waals surface area contributed by atoms with Crippen molar-refractivity contribution >= 4 is 15.9 Å². The summed E-state index contributed by atoms with van der Waals surface area (Å²) < 4.78 is 23.9. The van der Waals surface area contributed by atoms with Crippen LogP contribution in [-0.2, 0) is 21.2 Å². The van der Waals surface area contributed by atoms with Crippen LogP contribution in [0.3, 0.4) is 0 Å². The van der Waals surface area contributed by atoms with Gasteiger partial charge < -0.3 is 16.2 Å². The van der Waals surface area contributed by atoms with Gasteiger partial charge in [0.1, 0.15) is 5.75 Å². The molecule has 5 N–H and O–H groups in total. The molecule has 1 aromatic carbocycles. The van der Waals surface area contributed by atoms with E-state index in [2.05, 4.69) is 10.0 Å². The molecule has 0 aliphatic heterocycles. The third-order valence-electron chi connectivity index (χ3n) is 2.52. The molecule has 112 valence electrons. The van der Waals surface area contributed by atoms with Gasteiger partial charge in [0.25, 0.3) is 0 Å². The van der Waals surface area contributed by atoms with Gasteiger partial charge in [0.05, 0.1) is 12.3 Å². The van der Waals surface area contributed by atoms with Crippen molar-refractivity contribution in [1.82, 2.24) is 10.0 Å². The average molecular weight is 301 g/mol. The second-order valence-electron chi connectivity index (χ2n) is 4.43. The molecule has 0 heterocycles. The highest BCUT2D eigenvalue weighted by atomic mass is 32.2. The number of hydrogen-bond acceptors (Lipinski definition) is 5. The predicted molar refractivity (Wildman–Crippen MR) is 75.6 cm³/mol. The number of phenolic OH excluding ortho intramolecular Hbond substituents is 1. The number of aromatic hydroxyl groups is 1. The van der Waals surface area contributed by atoms with Crippen molar-refractivity contribution < 1.29 is 18.3 Å². The maximum atomic E-state index is 11.7. The molecule has 1 rings (SSSR count). The van der Waals surface area contributed by atoms with Crippen LogP contribution in [0, 0.1) is 0 Å². The molecule has 7 nitrogen and oxygen atoms in total. The molecule has 0 fully saturated rings.